The van der Waals surface area contributed by atoms with E-state index in [1.54, 1.807) is 22.9 Å². The molecule has 17 heteroatoms. The van der Waals surface area contributed by atoms with Crippen LogP contribution in [0.5, 0.6) is 0 Å². The van der Waals surface area contributed by atoms with E-state index in [1.807, 2.05) is 12.1 Å². The van der Waals surface area contributed by atoms with E-state index in [2.05, 4.69) is 20.3 Å². The Morgan fingerprint density at radius 2 is 1.80 bits per heavy atom. The number of nitrogens with zero attached hydrogens (tertiary/aromatic N) is 4. The summed E-state index contributed by atoms with van der Waals surface area (Å²) in [5.41, 5.74) is 19.1. The first kappa shape index (κ1) is 29.6. The smallest absolute Gasteiger partial charge is 0.362 e. The van der Waals surface area contributed by atoms with E-state index >= 15 is 0 Å². The third kappa shape index (κ3) is 6.85. The molecular weight excluding hydrogens is 558 g/mol. The van der Waals surface area contributed by atoms with Gasteiger partial charge < -0.3 is 37.5 Å². The van der Waals surface area contributed by atoms with Crippen LogP contribution in [0.25, 0.3) is 11.2 Å². The average Bonchev–Trinajstić information content (AvgIpc) is 3.37. The molecule has 3 atom stereocenters. The number of nitrogens with two attached hydrogens (primary N) is 3. The number of para-hydroxylation sites is 1. The molecule has 0 saturated carbocycles. The minimum Gasteiger partial charge on any atom is -0.398 e. The van der Waals surface area contributed by atoms with Crippen molar-refractivity contribution in [3.05, 3.63) is 66.0 Å². The summed E-state index contributed by atoms with van der Waals surface area (Å²) in [5, 5.41) is 24.7. The van der Waals surface area contributed by atoms with Gasteiger partial charge in [0.25, 0.3) is 5.91 Å². The van der Waals surface area contributed by atoms with Crippen molar-refractivity contribution in [3.8, 4) is 0 Å². The maximum Gasteiger partial charge on any atom is 0.362 e. The number of anilines is 4. The quantitative estimate of drug-likeness (QED) is 0.106. The molecule has 1 amide bonds. The zero-order valence-corrected chi connectivity index (χ0v) is 22.5. The van der Waals surface area contributed by atoms with E-state index in [4.69, 9.17) is 26.1 Å². The number of carbonyl (C=O) groups is 1. The van der Waals surface area contributed by atoms with E-state index < -0.39 is 41.3 Å². The summed E-state index contributed by atoms with van der Waals surface area (Å²) in [6.07, 6.45) is -3.68. The molecule has 0 aliphatic carbocycles. The molecule has 10 N–H and O–H groups in total. The molecule has 0 bridgehead atoms. The third-order valence-electron chi connectivity index (χ3n) is 5.98. The predicted molar refractivity (Wildman–Crippen MR) is 149 cm³/mol. The van der Waals surface area contributed by atoms with Crippen LogP contribution >= 0.6 is 0 Å². The highest BCUT2D eigenvalue weighted by molar-refractivity contribution is 7.85. The molecule has 41 heavy (non-hydrogen) atoms. The number of nitrogens with one attached hydrogen (secondary N) is 2. The van der Waals surface area contributed by atoms with Crippen molar-refractivity contribution in [2.45, 2.75) is 25.0 Å². The second-order valence-corrected chi connectivity index (χ2v) is 10.1. The van der Waals surface area contributed by atoms with E-state index in [0.29, 0.717) is 12.2 Å². The minimum atomic E-state index is -4.64. The van der Waals surface area contributed by atoms with Gasteiger partial charge in [0, 0.05) is 25.0 Å². The van der Waals surface area contributed by atoms with Gasteiger partial charge in [0.1, 0.15) is 17.7 Å². The molecule has 218 valence electrons. The standard InChI is InChI=1S/C24H29N9O7S/c1-39-17(11-40-41(37,38)32-22(35)15-4-2-3-5-16(15)26)19(34)23(36)33-12-28-18-20(27)30-24(31-21(18)33)29-14-8-6-13(10-25)7-9-14/h2-9,12,17,19,23,34,36H,10-11,25-26H2,1H3,(H,32,35)(H3,27,29,30,31)/t17-,19-,23-/m1/s1. The van der Waals surface area contributed by atoms with Gasteiger partial charge in [0.15, 0.2) is 17.7 Å². The monoisotopic (exact) mass is 587 g/mol. The topological polar surface area (TPSA) is 256 Å². The van der Waals surface area contributed by atoms with Gasteiger partial charge in [-0.1, -0.05) is 24.3 Å². The molecule has 2 heterocycles. The fourth-order valence-electron chi connectivity index (χ4n) is 3.76. The summed E-state index contributed by atoms with van der Waals surface area (Å²) in [4.78, 5) is 24.9. The Morgan fingerprint density at radius 3 is 2.46 bits per heavy atom. The Balaban J connectivity index is 1.47. The first-order chi connectivity index (χ1) is 19.5. The van der Waals surface area contributed by atoms with Crippen molar-refractivity contribution < 1.29 is 32.3 Å². The molecule has 4 aromatic rings. The fourth-order valence-corrected chi connectivity index (χ4v) is 4.47. The lowest BCUT2D eigenvalue weighted by atomic mass is 10.2. The lowest BCUT2D eigenvalue weighted by Crippen LogP contribution is -2.41. The number of hydrogen-bond donors (Lipinski definition) is 7. The average molecular weight is 588 g/mol. The molecular formula is C24H29N9O7S. The van der Waals surface area contributed by atoms with E-state index in [0.717, 1.165) is 10.1 Å². The Hall–Kier alpha value is -4.39. The number of aliphatic hydroxyl groups excluding tert-OH is 2. The molecule has 2 aromatic carbocycles. The van der Waals surface area contributed by atoms with Crippen LogP contribution in [-0.2, 0) is 25.8 Å². The number of aromatic nitrogens is 4. The van der Waals surface area contributed by atoms with Gasteiger partial charge in [-0.3, -0.25) is 13.5 Å². The highest BCUT2D eigenvalue weighted by atomic mass is 32.2. The van der Waals surface area contributed by atoms with Gasteiger partial charge in [-0.05, 0) is 29.8 Å². The molecule has 0 unspecified atom stereocenters. The summed E-state index contributed by atoms with van der Waals surface area (Å²) in [6.45, 7) is -0.386. The van der Waals surface area contributed by atoms with Crippen LogP contribution in [0, 0.1) is 0 Å². The van der Waals surface area contributed by atoms with Gasteiger partial charge in [0.2, 0.25) is 5.95 Å². The summed E-state index contributed by atoms with van der Waals surface area (Å²) in [5.74, 6) is -0.921. The van der Waals surface area contributed by atoms with Gasteiger partial charge >= 0.3 is 10.3 Å². The number of aliphatic hydroxyl groups is 2. The number of rotatable bonds is 12. The third-order valence-corrected chi connectivity index (χ3v) is 6.86. The number of benzene rings is 2. The number of hydrogen-bond acceptors (Lipinski definition) is 14. The number of fused-ring (bicyclic) bond motifs is 1. The molecule has 0 saturated heterocycles. The second kappa shape index (κ2) is 12.4. The summed E-state index contributed by atoms with van der Waals surface area (Å²) < 4.78 is 37.5. The highest BCUT2D eigenvalue weighted by Crippen LogP contribution is 2.25. The molecule has 0 aliphatic heterocycles. The lowest BCUT2D eigenvalue weighted by molar-refractivity contribution is -0.112. The lowest BCUT2D eigenvalue weighted by Gasteiger charge is -2.26. The zero-order valence-electron chi connectivity index (χ0n) is 21.7. The number of nitrogen functional groups attached to an aromatic ring is 2. The van der Waals surface area contributed by atoms with Crippen LogP contribution in [0.3, 0.4) is 0 Å². The maximum atomic E-state index is 12.3. The molecule has 16 nitrogen and oxygen atoms in total. The number of carbonyl (C=O) groups excluding carboxylic acids is 1. The molecule has 2 aromatic heterocycles. The molecule has 0 spiro atoms. The Bertz CT molecular complexity index is 1630. The second-order valence-electron chi connectivity index (χ2n) is 8.72. The molecule has 0 fully saturated rings. The Labute approximate surface area is 234 Å². The first-order valence-corrected chi connectivity index (χ1v) is 13.4. The normalized spacial score (nSPS) is 14.0. The van der Waals surface area contributed by atoms with Crippen LogP contribution < -0.4 is 27.2 Å². The van der Waals surface area contributed by atoms with Crippen LogP contribution in [0.15, 0.2) is 54.9 Å². The largest absolute Gasteiger partial charge is 0.398 e. The van der Waals surface area contributed by atoms with E-state index in [9.17, 15) is 23.4 Å². The Morgan fingerprint density at radius 1 is 1.10 bits per heavy atom. The predicted octanol–water partition coefficient (Wildman–Crippen LogP) is -0.249. The number of methoxy groups -OCH3 is 1. The highest BCUT2D eigenvalue weighted by Gasteiger charge is 2.32. The van der Waals surface area contributed by atoms with Crippen molar-refractivity contribution in [3.63, 3.8) is 0 Å². The van der Waals surface area contributed by atoms with Crippen LogP contribution in [0.2, 0.25) is 0 Å². The first-order valence-electron chi connectivity index (χ1n) is 12.0. The van der Waals surface area contributed by atoms with Crippen LogP contribution in [-0.4, -0.2) is 70.0 Å². The van der Waals surface area contributed by atoms with Gasteiger partial charge in [-0.15, -0.1) is 0 Å². The molecule has 4 rings (SSSR count). The molecule has 0 radical (unpaired) electrons. The van der Waals surface area contributed by atoms with Gasteiger partial charge in [0.05, 0.1) is 18.5 Å². The van der Waals surface area contributed by atoms with Crippen molar-refractivity contribution in [2.24, 2.45) is 5.73 Å². The van der Waals surface area contributed by atoms with Crippen LogP contribution in [0.1, 0.15) is 22.1 Å². The van der Waals surface area contributed by atoms with Crippen molar-refractivity contribution in [1.29, 1.82) is 0 Å². The Kier molecular flexibility index (Phi) is 8.96. The zero-order chi connectivity index (χ0) is 29.7. The van der Waals surface area contributed by atoms with E-state index in [-0.39, 0.29) is 34.2 Å². The number of imidazole rings is 1. The van der Waals surface area contributed by atoms with Crippen molar-refractivity contribution in [2.75, 3.05) is 30.5 Å². The number of amides is 1. The van der Waals surface area contributed by atoms with Gasteiger partial charge in [-0.2, -0.15) is 18.4 Å². The minimum absolute atomic E-state index is 0.00373. The molecule has 0 aliphatic rings. The van der Waals surface area contributed by atoms with Crippen molar-refractivity contribution in [1.82, 2.24) is 24.2 Å². The fraction of sp³-hybridized carbons (Fsp3) is 0.250. The number of ether oxygens (including phenoxy) is 1. The van der Waals surface area contributed by atoms with Crippen molar-refractivity contribution >= 4 is 50.5 Å². The SMILES string of the molecule is CO[C@H](COS(=O)(=O)NC(=O)c1ccccc1N)[C@@H](O)[C@@H](O)n1cnc2c(N)nc(Nc3ccc(CN)cc3)nc21. The summed E-state index contributed by atoms with van der Waals surface area (Å²) in [6, 6.07) is 13.0. The van der Waals surface area contributed by atoms with Crippen LogP contribution in [0.4, 0.5) is 23.1 Å². The summed E-state index contributed by atoms with van der Waals surface area (Å²) in [7, 11) is -3.47. The maximum absolute atomic E-state index is 12.3. The van der Waals surface area contributed by atoms with E-state index in [1.165, 1.54) is 31.6 Å². The van der Waals surface area contributed by atoms with Gasteiger partial charge in [-0.25, -0.2) is 9.71 Å². The summed E-state index contributed by atoms with van der Waals surface area (Å²) >= 11 is 0.